The standard InChI is InChI=1S/C17H21N5O3/c1-4-24-12(2)17-19-15(25-20-17)11-21(3)10-13-9-16(23)22-8-6-5-7-14(22)18-13/h5-9,12H,4,10-11H2,1-3H3/t12-/m1/s1. The van der Waals surface area contributed by atoms with E-state index in [0.717, 1.165) is 0 Å². The predicted octanol–water partition coefficient (Wildman–Crippen LogP) is 1.81. The molecule has 0 aliphatic rings. The fraction of sp³-hybridized carbons (Fsp3) is 0.412. The van der Waals surface area contributed by atoms with E-state index in [0.29, 0.717) is 42.8 Å². The Hall–Kier alpha value is -2.58. The summed E-state index contributed by atoms with van der Waals surface area (Å²) in [7, 11) is 1.91. The first-order valence-corrected chi connectivity index (χ1v) is 8.16. The van der Waals surface area contributed by atoms with Crippen molar-refractivity contribution in [1.29, 1.82) is 0 Å². The molecule has 0 fully saturated rings. The van der Waals surface area contributed by atoms with Crippen LogP contribution in [0.2, 0.25) is 0 Å². The van der Waals surface area contributed by atoms with Crippen LogP contribution in [0.25, 0.3) is 5.65 Å². The number of pyridine rings is 1. The van der Waals surface area contributed by atoms with Crippen molar-refractivity contribution in [1.82, 2.24) is 24.4 Å². The lowest BCUT2D eigenvalue weighted by molar-refractivity contribution is 0.0683. The van der Waals surface area contributed by atoms with Gasteiger partial charge < -0.3 is 9.26 Å². The maximum absolute atomic E-state index is 12.1. The summed E-state index contributed by atoms with van der Waals surface area (Å²) in [6.45, 7) is 5.36. The first kappa shape index (κ1) is 17.2. The van der Waals surface area contributed by atoms with Gasteiger partial charge in [-0.3, -0.25) is 14.1 Å². The van der Waals surface area contributed by atoms with Crippen LogP contribution in [0.15, 0.2) is 39.8 Å². The molecule has 0 saturated carbocycles. The molecular formula is C17H21N5O3. The van der Waals surface area contributed by atoms with E-state index in [1.165, 1.54) is 4.40 Å². The van der Waals surface area contributed by atoms with Gasteiger partial charge in [0.2, 0.25) is 5.89 Å². The van der Waals surface area contributed by atoms with Crippen LogP contribution in [0.3, 0.4) is 0 Å². The second-order valence-corrected chi connectivity index (χ2v) is 5.83. The Morgan fingerprint density at radius 3 is 2.96 bits per heavy atom. The van der Waals surface area contributed by atoms with Crippen LogP contribution in [0.1, 0.15) is 37.4 Å². The van der Waals surface area contributed by atoms with E-state index >= 15 is 0 Å². The molecule has 0 saturated heterocycles. The SMILES string of the molecule is CCO[C@H](C)c1noc(CN(C)Cc2cc(=O)n3ccccc3n2)n1. The summed E-state index contributed by atoms with van der Waals surface area (Å²) >= 11 is 0. The van der Waals surface area contributed by atoms with Crippen LogP contribution in [-0.4, -0.2) is 38.1 Å². The smallest absolute Gasteiger partial charge is 0.258 e. The van der Waals surface area contributed by atoms with Crippen LogP contribution in [0.5, 0.6) is 0 Å². The van der Waals surface area contributed by atoms with Crippen molar-refractivity contribution in [3.05, 3.63) is 58.2 Å². The Morgan fingerprint density at radius 2 is 2.16 bits per heavy atom. The van der Waals surface area contributed by atoms with Crippen LogP contribution < -0.4 is 5.56 Å². The fourth-order valence-corrected chi connectivity index (χ4v) is 2.57. The third-order valence-corrected chi connectivity index (χ3v) is 3.73. The van der Waals surface area contributed by atoms with E-state index in [1.54, 1.807) is 18.3 Å². The molecule has 0 aliphatic carbocycles. The minimum absolute atomic E-state index is 0.0976. The Balaban J connectivity index is 1.68. The molecule has 132 valence electrons. The topological polar surface area (TPSA) is 85.8 Å². The summed E-state index contributed by atoms with van der Waals surface area (Å²) in [6.07, 6.45) is 1.51. The summed E-state index contributed by atoms with van der Waals surface area (Å²) in [5.74, 6) is 1.04. The highest BCUT2D eigenvalue weighted by Gasteiger charge is 2.15. The van der Waals surface area contributed by atoms with Gasteiger partial charge >= 0.3 is 0 Å². The highest BCUT2D eigenvalue weighted by molar-refractivity contribution is 5.37. The third-order valence-electron chi connectivity index (χ3n) is 3.73. The van der Waals surface area contributed by atoms with Gasteiger partial charge in [0.15, 0.2) is 5.82 Å². The summed E-state index contributed by atoms with van der Waals surface area (Å²) < 4.78 is 12.2. The van der Waals surface area contributed by atoms with Crippen molar-refractivity contribution in [3.63, 3.8) is 0 Å². The maximum Gasteiger partial charge on any atom is 0.258 e. The van der Waals surface area contributed by atoms with Crippen molar-refractivity contribution in [3.8, 4) is 0 Å². The van der Waals surface area contributed by atoms with E-state index in [-0.39, 0.29) is 11.7 Å². The molecule has 0 amide bonds. The largest absolute Gasteiger partial charge is 0.371 e. The number of fused-ring (bicyclic) bond motifs is 1. The lowest BCUT2D eigenvalue weighted by Gasteiger charge is -2.13. The highest BCUT2D eigenvalue weighted by Crippen LogP contribution is 2.13. The van der Waals surface area contributed by atoms with Crippen LogP contribution >= 0.6 is 0 Å². The average Bonchev–Trinajstić information content (AvgIpc) is 3.03. The normalized spacial score (nSPS) is 12.8. The van der Waals surface area contributed by atoms with Gasteiger partial charge in [0.1, 0.15) is 11.8 Å². The lowest BCUT2D eigenvalue weighted by Crippen LogP contribution is -2.22. The summed E-state index contributed by atoms with van der Waals surface area (Å²) in [6, 6.07) is 7.01. The second-order valence-electron chi connectivity index (χ2n) is 5.83. The molecule has 0 aliphatic heterocycles. The molecule has 8 nitrogen and oxygen atoms in total. The van der Waals surface area contributed by atoms with E-state index in [1.807, 2.05) is 37.9 Å². The zero-order valence-corrected chi connectivity index (χ0v) is 14.5. The van der Waals surface area contributed by atoms with Crippen LogP contribution in [0.4, 0.5) is 0 Å². The van der Waals surface area contributed by atoms with E-state index < -0.39 is 0 Å². The van der Waals surface area contributed by atoms with Crippen molar-refractivity contribution in [2.45, 2.75) is 33.0 Å². The Morgan fingerprint density at radius 1 is 1.32 bits per heavy atom. The lowest BCUT2D eigenvalue weighted by atomic mass is 10.3. The van der Waals surface area contributed by atoms with Crippen molar-refractivity contribution >= 4 is 5.65 Å². The monoisotopic (exact) mass is 343 g/mol. The summed E-state index contributed by atoms with van der Waals surface area (Å²) in [4.78, 5) is 22.9. The van der Waals surface area contributed by atoms with E-state index in [9.17, 15) is 4.79 Å². The van der Waals surface area contributed by atoms with Gasteiger partial charge in [-0.05, 0) is 33.0 Å². The van der Waals surface area contributed by atoms with Gasteiger partial charge in [0.05, 0.1) is 12.2 Å². The minimum atomic E-state index is -0.199. The quantitative estimate of drug-likeness (QED) is 0.646. The highest BCUT2D eigenvalue weighted by atomic mass is 16.5. The molecule has 1 atom stereocenters. The molecule has 0 N–H and O–H groups in total. The number of aromatic nitrogens is 4. The molecule has 0 bridgehead atoms. The molecule has 3 aromatic heterocycles. The zero-order valence-electron chi connectivity index (χ0n) is 14.5. The third kappa shape index (κ3) is 4.09. The number of hydrogen-bond donors (Lipinski definition) is 0. The molecule has 0 unspecified atom stereocenters. The minimum Gasteiger partial charge on any atom is -0.371 e. The van der Waals surface area contributed by atoms with Crippen molar-refractivity contribution in [2.75, 3.05) is 13.7 Å². The first-order valence-electron chi connectivity index (χ1n) is 8.16. The molecule has 3 aromatic rings. The molecule has 8 heteroatoms. The molecule has 0 radical (unpaired) electrons. The van der Waals surface area contributed by atoms with Crippen molar-refractivity contribution < 1.29 is 9.26 Å². The Bertz CT molecular complexity index is 904. The maximum atomic E-state index is 12.1. The molecule has 25 heavy (non-hydrogen) atoms. The van der Waals surface area contributed by atoms with Gasteiger partial charge in [-0.1, -0.05) is 11.2 Å². The van der Waals surface area contributed by atoms with Gasteiger partial charge in [0.25, 0.3) is 5.56 Å². The molecule has 3 rings (SSSR count). The second kappa shape index (κ2) is 7.54. The van der Waals surface area contributed by atoms with E-state index in [2.05, 4.69) is 15.1 Å². The summed E-state index contributed by atoms with van der Waals surface area (Å²) in [5.41, 5.74) is 1.23. The predicted molar refractivity (Wildman–Crippen MR) is 91.0 cm³/mol. The zero-order chi connectivity index (χ0) is 17.8. The Kier molecular flexibility index (Phi) is 5.20. The number of rotatable bonds is 7. The number of hydrogen-bond acceptors (Lipinski definition) is 7. The molecule has 0 aromatic carbocycles. The number of ether oxygens (including phenoxy) is 1. The van der Waals surface area contributed by atoms with Crippen molar-refractivity contribution in [2.24, 2.45) is 0 Å². The van der Waals surface area contributed by atoms with Gasteiger partial charge in [-0.15, -0.1) is 0 Å². The molecule has 3 heterocycles. The first-order chi connectivity index (χ1) is 12.1. The van der Waals surface area contributed by atoms with Gasteiger partial charge in [0, 0.05) is 25.4 Å². The molecule has 0 spiro atoms. The summed E-state index contributed by atoms with van der Waals surface area (Å²) in [5, 5.41) is 3.94. The van der Waals surface area contributed by atoms with Crippen LogP contribution in [-0.2, 0) is 17.8 Å². The fourth-order valence-electron chi connectivity index (χ4n) is 2.57. The van der Waals surface area contributed by atoms with Gasteiger partial charge in [-0.25, -0.2) is 4.98 Å². The Labute approximate surface area is 145 Å². The van der Waals surface area contributed by atoms with E-state index in [4.69, 9.17) is 9.26 Å². The van der Waals surface area contributed by atoms with Gasteiger partial charge in [-0.2, -0.15) is 4.98 Å². The number of nitrogens with zero attached hydrogens (tertiary/aromatic N) is 5. The molecular weight excluding hydrogens is 322 g/mol. The average molecular weight is 343 g/mol. The van der Waals surface area contributed by atoms with Crippen LogP contribution in [0, 0.1) is 0 Å².